The van der Waals surface area contributed by atoms with Crippen molar-refractivity contribution in [1.82, 2.24) is 10.1 Å². The van der Waals surface area contributed by atoms with E-state index in [1.165, 1.54) is 12.0 Å². The fraction of sp³-hybridized carbons (Fsp3) is 0.526. The van der Waals surface area contributed by atoms with Crippen LogP contribution in [0.5, 0.6) is 11.5 Å². The molecule has 0 saturated carbocycles. The maximum Gasteiger partial charge on any atom is 0.154 e. The molecule has 1 fully saturated rings. The predicted octanol–water partition coefficient (Wildman–Crippen LogP) is 4.15. The molecular formula is C19H26N2O3. The van der Waals surface area contributed by atoms with Gasteiger partial charge in [0.2, 0.25) is 0 Å². The Morgan fingerprint density at radius 1 is 1.17 bits per heavy atom. The number of aromatic nitrogens is 1. The van der Waals surface area contributed by atoms with Crippen molar-refractivity contribution in [3.8, 4) is 11.5 Å². The van der Waals surface area contributed by atoms with E-state index in [4.69, 9.17) is 14.0 Å². The van der Waals surface area contributed by atoms with Gasteiger partial charge in [-0.25, -0.2) is 0 Å². The molecule has 0 amide bonds. The highest BCUT2D eigenvalue weighted by atomic mass is 16.5. The second-order valence-corrected chi connectivity index (χ2v) is 6.66. The summed E-state index contributed by atoms with van der Waals surface area (Å²) in [5.74, 6) is 3.01. The molecule has 5 heteroatoms. The lowest BCUT2D eigenvalue weighted by atomic mass is 10.1. The van der Waals surface area contributed by atoms with Crippen molar-refractivity contribution in [2.24, 2.45) is 0 Å². The zero-order valence-electron chi connectivity index (χ0n) is 14.9. The molecule has 0 bridgehead atoms. The van der Waals surface area contributed by atoms with Crippen LogP contribution in [0.15, 0.2) is 28.8 Å². The Hall–Kier alpha value is -2.01. The van der Waals surface area contributed by atoms with Gasteiger partial charge < -0.3 is 14.0 Å². The Balaban J connectivity index is 1.78. The lowest BCUT2D eigenvalue weighted by Crippen LogP contribution is -2.22. The number of nitrogens with zero attached hydrogens (tertiary/aromatic N) is 2. The Bertz CT molecular complexity index is 659. The number of methoxy groups -OCH3 is 2. The first-order valence-electron chi connectivity index (χ1n) is 8.53. The van der Waals surface area contributed by atoms with Crippen molar-refractivity contribution in [3.63, 3.8) is 0 Å². The fourth-order valence-corrected chi connectivity index (χ4v) is 3.26. The van der Waals surface area contributed by atoms with Crippen LogP contribution in [-0.4, -0.2) is 30.8 Å². The van der Waals surface area contributed by atoms with Crippen molar-refractivity contribution >= 4 is 0 Å². The van der Waals surface area contributed by atoms with Crippen LogP contribution in [0.4, 0.5) is 0 Å². The molecule has 1 aliphatic rings. The summed E-state index contributed by atoms with van der Waals surface area (Å²) in [5.41, 5.74) is 2.21. The van der Waals surface area contributed by atoms with Gasteiger partial charge in [0.25, 0.3) is 0 Å². The minimum atomic E-state index is 0.294. The molecule has 0 radical (unpaired) electrons. The van der Waals surface area contributed by atoms with Gasteiger partial charge in [-0.3, -0.25) is 4.90 Å². The van der Waals surface area contributed by atoms with Crippen LogP contribution in [-0.2, 0) is 6.54 Å². The minimum absolute atomic E-state index is 0.294. The molecule has 24 heavy (non-hydrogen) atoms. The zero-order chi connectivity index (χ0) is 17.1. The average molecular weight is 330 g/mol. The van der Waals surface area contributed by atoms with Crippen LogP contribution < -0.4 is 9.47 Å². The number of ether oxygens (including phenoxy) is 2. The van der Waals surface area contributed by atoms with E-state index < -0.39 is 0 Å². The second-order valence-electron chi connectivity index (χ2n) is 6.66. The van der Waals surface area contributed by atoms with Gasteiger partial charge in [0.05, 0.1) is 26.0 Å². The molecule has 1 aliphatic heterocycles. The van der Waals surface area contributed by atoms with Crippen molar-refractivity contribution in [2.75, 3.05) is 20.8 Å². The molecule has 0 aliphatic carbocycles. The third-order valence-corrected chi connectivity index (χ3v) is 4.63. The summed E-state index contributed by atoms with van der Waals surface area (Å²) in [5, 5.41) is 4.21. The molecule has 2 heterocycles. The van der Waals surface area contributed by atoms with Gasteiger partial charge in [0, 0.05) is 18.7 Å². The molecule has 5 nitrogen and oxygen atoms in total. The van der Waals surface area contributed by atoms with Crippen molar-refractivity contribution in [3.05, 3.63) is 41.3 Å². The summed E-state index contributed by atoms with van der Waals surface area (Å²) >= 11 is 0. The molecule has 1 aromatic carbocycles. The first-order valence-corrected chi connectivity index (χ1v) is 8.53. The van der Waals surface area contributed by atoms with E-state index >= 15 is 0 Å². The number of hydrogen-bond donors (Lipinski definition) is 0. The molecule has 2 aromatic rings. The summed E-state index contributed by atoms with van der Waals surface area (Å²) in [6.07, 6.45) is 2.28. The standard InChI is InChI=1S/C19H26N2O3/c1-13(2)17-11-19(24-20-17)18-6-5-7-21(18)12-14-8-15(22-3)10-16(9-14)23-4/h8-11,13,18H,5-7,12H2,1-4H3/t18-/m1/s1. The fourth-order valence-electron chi connectivity index (χ4n) is 3.26. The largest absolute Gasteiger partial charge is 0.497 e. The Morgan fingerprint density at radius 2 is 1.88 bits per heavy atom. The number of hydrogen-bond acceptors (Lipinski definition) is 5. The minimum Gasteiger partial charge on any atom is -0.497 e. The van der Waals surface area contributed by atoms with Gasteiger partial charge in [-0.15, -0.1) is 0 Å². The molecule has 1 saturated heterocycles. The third kappa shape index (κ3) is 3.56. The molecule has 1 atom stereocenters. The number of likely N-dealkylation sites (tertiary alicyclic amines) is 1. The molecular weight excluding hydrogens is 304 g/mol. The van der Waals surface area contributed by atoms with Crippen LogP contribution >= 0.6 is 0 Å². The van der Waals surface area contributed by atoms with Gasteiger partial charge >= 0.3 is 0 Å². The Morgan fingerprint density at radius 3 is 2.46 bits per heavy atom. The van der Waals surface area contributed by atoms with Gasteiger partial charge in [-0.05, 0) is 43.0 Å². The normalized spacial score (nSPS) is 18.3. The van der Waals surface area contributed by atoms with Crippen LogP contribution in [0.2, 0.25) is 0 Å². The molecule has 0 spiro atoms. The average Bonchev–Trinajstić information content (AvgIpc) is 3.23. The second kappa shape index (κ2) is 7.26. The molecule has 130 valence electrons. The monoisotopic (exact) mass is 330 g/mol. The van der Waals surface area contributed by atoms with Crippen molar-refractivity contribution in [2.45, 2.75) is 45.2 Å². The summed E-state index contributed by atoms with van der Waals surface area (Å²) in [6, 6.07) is 8.44. The number of rotatable bonds is 6. The third-order valence-electron chi connectivity index (χ3n) is 4.63. The zero-order valence-corrected chi connectivity index (χ0v) is 14.9. The van der Waals surface area contributed by atoms with E-state index in [1.807, 2.05) is 6.07 Å². The summed E-state index contributed by atoms with van der Waals surface area (Å²) < 4.78 is 16.4. The first kappa shape index (κ1) is 16.8. The summed E-state index contributed by atoms with van der Waals surface area (Å²) in [7, 11) is 3.36. The Labute approximate surface area is 143 Å². The number of benzene rings is 1. The summed E-state index contributed by atoms with van der Waals surface area (Å²) in [4.78, 5) is 2.44. The van der Waals surface area contributed by atoms with Crippen molar-refractivity contribution < 1.29 is 14.0 Å². The topological polar surface area (TPSA) is 47.7 Å². The van der Waals surface area contributed by atoms with Gasteiger partial charge in [0.1, 0.15) is 11.5 Å². The van der Waals surface area contributed by atoms with Crippen LogP contribution in [0.25, 0.3) is 0 Å². The van der Waals surface area contributed by atoms with Gasteiger partial charge in [-0.2, -0.15) is 0 Å². The van der Waals surface area contributed by atoms with Gasteiger partial charge in [-0.1, -0.05) is 19.0 Å². The van der Waals surface area contributed by atoms with E-state index in [1.54, 1.807) is 14.2 Å². The van der Waals surface area contributed by atoms with E-state index in [0.29, 0.717) is 12.0 Å². The maximum absolute atomic E-state index is 5.63. The van der Waals surface area contributed by atoms with Crippen LogP contribution in [0.1, 0.15) is 55.7 Å². The van der Waals surface area contributed by atoms with E-state index in [-0.39, 0.29) is 0 Å². The SMILES string of the molecule is COc1cc(CN2CCC[C@@H]2c2cc(C(C)C)no2)cc(OC)c1. The van der Waals surface area contributed by atoms with Crippen LogP contribution in [0.3, 0.4) is 0 Å². The van der Waals surface area contributed by atoms with Gasteiger partial charge in [0.15, 0.2) is 5.76 Å². The summed E-state index contributed by atoms with van der Waals surface area (Å²) in [6.45, 7) is 6.17. The van der Waals surface area contributed by atoms with E-state index in [0.717, 1.165) is 42.5 Å². The molecule has 1 aromatic heterocycles. The van der Waals surface area contributed by atoms with E-state index in [2.05, 4.69) is 42.1 Å². The predicted molar refractivity (Wildman–Crippen MR) is 92.5 cm³/mol. The highest BCUT2D eigenvalue weighted by molar-refractivity contribution is 5.38. The van der Waals surface area contributed by atoms with Crippen molar-refractivity contribution in [1.29, 1.82) is 0 Å². The highest BCUT2D eigenvalue weighted by Gasteiger charge is 2.29. The molecule has 3 rings (SSSR count). The highest BCUT2D eigenvalue weighted by Crippen LogP contribution is 2.35. The molecule has 0 unspecified atom stereocenters. The quantitative estimate of drug-likeness (QED) is 0.796. The smallest absolute Gasteiger partial charge is 0.154 e. The lowest BCUT2D eigenvalue weighted by molar-refractivity contribution is 0.206. The Kier molecular flexibility index (Phi) is 5.09. The maximum atomic E-state index is 5.63. The van der Waals surface area contributed by atoms with Crippen LogP contribution in [0, 0.1) is 0 Å². The first-order chi connectivity index (χ1) is 11.6. The lowest BCUT2D eigenvalue weighted by Gasteiger charge is -2.22. The van der Waals surface area contributed by atoms with E-state index in [9.17, 15) is 0 Å². The molecule has 0 N–H and O–H groups in total.